The number of thiazole rings is 1. The largest absolute Gasteiger partial charge is 0.465 e. The van der Waals surface area contributed by atoms with Crippen molar-refractivity contribution in [3.8, 4) is 0 Å². The summed E-state index contributed by atoms with van der Waals surface area (Å²) in [6.45, 7) is 3.45. The van der Waals surface area contributed by atoms with Crippen molar-refractivity contribution in [2.45, 2.75) is 24.8 Å². The molecule has 0 radical (unpaired) electrons. The van der Waals surface area contributed by atoms with Crippen LogP contribution < -0.4 is 10.0 Å². The molecule has 0 bridgehead atoms. The van der Waals surface area contributed by atoms with Crippen molar-refractivity contribution in [1.29, 1.82) is 0 Å². The summed E-state index contributed by atoms with van der Waals surface area (Å²) in [5.41, 5.74) is 1.05. The van der Waals surface area contributed by atoms with Gasteiger partial charge < -0.3 is 14.8 Å². The Morgan fingerprint density at radius 1 is 1.00 bits per heavy atom. The van der Waals surface area contributed by atoms with Crippen LogP contribution in [0.5, 0.6) is 0 Å². The lowest BCUT2D eigenvalue weighted by molar-refractivity contribution is -0.162. The monoisotopic (exact) mass is 537 g/mol. The Morgan fingerprint density at radius 3 is 2.11 bits per heavy atom. The highest BCUT2D eigenvalue weighted by atomic mass is 35.5. The van der Waals surface area contributed by atoms with Gasteiger partial charge in [-0.1, -0.05) is 23.7 Å². The summed E-state index contributed by atoms with van der Waals surface area (Å²) < 4.78 is 37.9. The lowest BCUT2D eigenvalue weighted by atomic mass is 9.92. The number of nitrogens with zero attached hydrogens (tertiary/aromatic N) is 1. The van der Waals surface area contributed by atoms with E-state index in [2.05, 4.69) is 15.0 Å². The van der Waals surface area contributed by atoms with Gasteiger partial charge in [0.05, 0.1) is 24.2 Å². The van der Waals surface area contributed by atoms with Gasteiger partial charge in [0.2, 0.25) is 0 Å². The van der Waals surface area contributed by atoms with Gasteiger partial charge in [-0.2, -0.15) is 0 Å². The third-order valence-electron chi connectivity index (χ3n) is 4.78. The van der Waals surface area contributed by atoms with Crippen molar-refractivity contribution < 1.29 is 27.5 Å². The number of halogens is 1. The number of rotatable bonds is 11. The first-order chi connectivity index (χ1) is 16.7. The number of benzene rings is 2. The van der Waals surface area contributed by atoms with Crippen molar-refractivity contribution in [1.82, 2.24) is 4.98 Å². The zero-order valence-corrected chi connectivity index (χ0v) is 21.3. The topological polar surface area (TPSA) is 124 Å². The number of carbonyl (C=O) groups is 2. The van der Waals surface area contributed by atoms with Crippen LogP contribution in [0.3, 0.4) is 0 Å². The molecule has 2 N–H and O–H groups in total. The van der Waals surface area contributed by atoms with Gasteiger partial charge in [-0.25, -0.2) is 13.4 Å². The SMILES string of the molecule is CCOC(=O)C(C(=O)OCC)[C@H](Nc1ccc(S(=O)(=O)Nc2nccs2)cc1)c1ccc(Cl)cc1. The molecule has 0 aliphatic heterocycles. The van der Waals surface area contributed by atoms with Crippen LogP contribution in [0.2, 0.25) is 5.02 Å². The van der Waals surface area contributed by atoms with Crippen molar-refractivity contribution in [3.63, 3.8) is 0 Å². The molecule has 12 heteroatoms. The summed E-state index contributed by atoms with van der Waals surface area (Å²) in [5, 5.41) is 5.54. The molecule has 3 aromatic rings. The van der Waals surface area contributed by atoms with Crippen LogP contribution in [0.1, 0.15) is 25.5 Å². The number of aromatic nitrogens is 1. The normalized spacial score (nSPS) is 12.1. The first-order valence-corrected chi connectivity index (χ1v) is 13.4. The molecule has 3 rings (SSSR count). The predicted molar refractivity (Wildman–Crippen MR) is 134 cm³/mol. The first kappa shape index (κ1) is 26.5. The molecule has 0 aliphatic rings. The zero-order valence-electron chi connectivity index (χ0n) is 18.9. The number of ether oxygens (including phenoxy) is 2. The van der Waals surface area contributed by atoms with E-state index < -0.39 is 33.9 Å². The number of anilines is 2. The van der Waals surface area contributed by atoms with Crippen molar-refractivity contribution >= 4 is 55.7 Å². The third kappa shape index (κ3) is 6.93. The third-order valence-corrected chi connectivity index (χ3v) is 7.21. The Morgan fingerprint density at radius 2 is 1.60 bits per heavy atom. The molecule has 0 saturated heterocycles. The van der Waals surface area contributed by atoms with Gasteiger partial charge in [0.15, 0.2) is 11.0 Å². The summed E-state index contributed by atoms with van der Waals surface area (Å²) in [7, 11) is -3.84. The van der Waals surface area contributed by atoms with Gasteiger partial charge in [0.1, 0.15) is 0 Å². The molecular weight excluding hydrogens is 514 g/mol. The standard InChI is InChI=1S/C23H24ClN3O6S2/c1-3-32-21(28)19(22(29)33-4-2)20(15-5-7-16(24)8-6-15)26-17-9-11-18(12-10-17)35(30,31)27-23-25-13-14-34-23/h5-14,19-20,26H,3-4H2,1-2H3,(H,25,27)/t20-/m1/s1. The molecule has 1 aromatic heterocycles. The molecular formula is C23H24ClN3O6S2. The van der Waals surface area contributed by atoms with Crippen LogP contribution >= 0.6 is 22.9 Å². The van der Waals surface area contributed by atoms with Gasteiger partial charge in [-0.15, -0.1) is 11.3 Å². The van der Waals surface area contributed by atoms with Crippen LogP contribution in [0, 0.1) is 5.92 Å². The number of hydrogen-bond donors (Lipinski definition) is 2. The average Bonchev–Trinajstić information content (AvgIpc) is 3.32. The Balaban J connectivity index is 1.93. The van der Waals surface area contributed by atoms with Gasteiger partial charge >= 0.3 is 11.9 Å². The highest BCUT2D eigenvalue weighted by molar-refractivity contribution is 7.93. The van der Waals surface area contributed by atoms with E-state index in [1.165, 1.54) is 30.5 Å². The number of esters is 2. The first-order valence-electron chi connectivity index (χ1n) is 10.6. The Bertz CT molecular complexity index is 1220. The smallest absolute Gasteiger partial charge is 0.322 e. The van der Waals surface area contributed by atoms with Gasteiger partial charge in [-0.05, 0) is 55.8 Å². The van der Waals surface area contributed by atoms with E-state index in [-0.39, 0.29) is 23.2 Å². The van der Waals surface area contributed by atoms with E-state index in [0.717, 1.165) is 11.3 Å². The lowest BCUT2D eigenvalue weighted by Crippen LogP contribution is -2.36. The Labute approximate surface area is 212 Å². The molecule has 0 saturated carbocycles. The maximum atomic E-state index is 12.8. The van der Waals surface area contributed by atoms with Gasteiger partial charge in [-0.3, -0.25) is 14.3 Å². The van der Waals surface area contributed by atoms with E-state index in [9.17, 15) is 18.0 Å². The molecule has 0 spiro atoms. The van der Waals surface area contributed by atoms with Crippen molar-refractivity contribution in [2.24, 2.45) is 5.92 Å². The maximum Gasteiger partial charge on any atom is 0.322 e. The minimum Gasteiger partial charge on any atom is -0.465 e. The van der Waals surface area contributed by atoms with E-state index in [1.807, 2.05) is 0 Å². The molecule has 0 amide bonds. The molecule has 1 heterocycles. The van der Waals surface area contributed by atoms with Crippen LogP contribution in [0.15, 0.2) is 65.0 Å². The second kappa shape index (κ2) is 12.0. The van der Waals surface area contributed by atoms with Crippen molar-refractivity contribution in [2.75, 3.05) is 23.3 Å². The van der Waals surface area contributed by atoms with Crippen LogP contribution in [-0.2, 0) is 29.1 Å². The van der Waals surface area contributed by atoms with Crippen LogP contribution in [-0.4, -0.2) is 38.6 Å². The average molecular weight is 538 g/mol. The second-order valence-electron chi connectivity index (χ2n) is 7.12. The summed E-state index contributed by atoms with van der Waals surface area (Å²) >= 11 is 7.18. The van der Waals surface area contributed by atoms with Gasteiger partial charge in [0, 0.05) is 22.3 Å². The predicted octanol–water partition coefficient (Wildman–Crippen LogP) is 4.49. The zero-order chi connectivity index (χ0) is 25.4. The fraction of sp³-hybridized carbons (Fsp3) is 0.261. The fourth-order valence-electron chi connectivity index (χ4n) is 3.22. The highest BCUT2D eigenvalue weighted by Gasteiger charge is 2.38. The number of nitrogens with one attached hydrogen (secondary N) is 2. The molecule has 0 unspecified atom stereocenters. The molecule has 1 atom stereocenters. The molecule has 35 heavy (non-hydrogen) atoms. The van der Waals surface area contributed by atoms with Crippen LogP contribution in [0.4, 0.5) is 10.8 Å². The molecule has 186 valence electrons. The van der Waals surface area contributed by atoms with Gasteiger partial charge in [0.25, 0.3) is 10.0 Å². The van der Waals surface area contributed by atoms with E-state index in [0.29, 0.717) is 16.3 Å². The minimum atomic E-state index is -3.84. The van der Waals surface area contributed by atoms with Crippen LogP contribution in [0.25, 0.3) is 0 Å². The fourth-order valence-corrected chi connectivity index (χ4v) is 5.13. The molecule has 0 fully saturated rings. The second-order valence-corrected chi connectivity index (χ2v) is 10.1. The molecule has 0 aliphatic carbocycles. The quantitative estimate of drug-likeness (QED) is 0.271. The van der Waals surface area contributed by atoms with Crippen molar-refractivity contribution in [3.05, 3.63) is 70.7 Å². The lowest BCUT2D eigenvalue weighted by Gasteiger charge is -2.26. The Kier molecular flexibility index (Phi) is 9.07. The summed E-state index contributed by atoms with van der Waals surface area (Å²) in [6.07, 6.45) is 1.50. The molecule has 9 nitrogen and oxygen atoms in total. The summed E-state index contributed by atoms with van der Waals surface area (Å²) in [5.74, 6) is -2.80. The van der Waals surface area contributed by atoms with E-state index in [4.69, 9.17) is 21.1 Å². The number of hydrogen-bond acceptors (Lipinski definition) is 9. The summed E-state index contributed by atoms with van der Waals surface area (Å²) in [4.78, 5) is 29.5. The summed E-state index contributed by atoms with van der Waals surface area (Å²) in [6, 6.07) is 11.6. The number of sulfonamides is 1. The number of carbonyl (C=O) groups excluding carboxylic acids is 2. The maximum absolute atomic E-state index is 12.8. The van der Waals surface area contributed by atoms with E-state index >= 15 is 0 Å². The highest BCUT2D eigenvalue weighted by Crippen LogP contribution is 2.31. The minimum absolute atomic E-state index is 0.0219. The molecule has 2 aromatic carbocycles. The van der Waals surface area contributed by atoms with E-state index in [1.54, 1.807) is 43.5 Å². The Hall–Kier alpha value is -3.15.